The molecule has 4 nitrogen and oxygen atoms in total. The quantitative estimate of drug-likeness (QED) is 0.336. The lowest BCUT2D eigenvalue weighted by Crippen LogP contribution is -2.23. The molecule has 2 N–H and O–H groups in total. The van der Waals surface area contributed by atoms with E-state index in [1.165, 1.54) is 13.2 Å². The third-order valence-electron chi connectivity index (χ3n) is 4.41. The second-order valence-electron chi connectivity index (χ2n) is 6.15. The number of alkyl halides is 3. The summed E-state index contributed by atoms with van der Waals surface area (Å²) in [5.41, 5.74) is 0.980. The molecule has 0 bridgehead atoms. The number of aromatic amines is 2. The first-order chi connectivity index (χ1) is 13.2. The highest BCUT2D eigenvalue weighted by atomic mass is 79.9. The monoisotopic (exact) mass is 470 g/mol. The first kappa shape index (κ1) is 18.9. The Kier molecular flexibility index (Phi) is 4.43. The van der Waals surface area contributed by atoms with Crippen LogP contribution in [0.4, 0.5) is 13.2 Å². The SMILES string of the molecule is COc1cc2[nH]c(-c3[nH]c4cc(Br)ccc4c3C(=O)C(F)(F)F)cc2cc1Cl. The van der Waals surface area contributed by atoms with Gasteiger partial charge in [0, 0.05) is 32.3 Å². The van der Waals surface area contributed by atoms with Crippen LogP contribution in [0.3, 0.4) is 0 Å². The summed E-state index contributed by atoms with van der Waals surface area (Å²) in [4.78, 5) is 18.1. The molecule has 0 saturated carbocycles. The maximum absolute atomic E-state index is 13.3. The zero-order valence-electron chi connectivity index (χ0n) is 14.2. The number of carbonyl (C=O) groups is 1. The molecule has 28 heavy (non-hydrogen) atoms. The van der Waals surface area contributed by atoms with Gasteiger partial charge in [-0.1, -0.05) is 33.6 Å². The number of H-pyrrole nitrogens is 2. The molecule has 0 atom stereocenters. The number of halogens is 5. The fraction of sp³-hybridized carbons (Fsp3) is 0.105. The number of ether oxygens (including phenoxy) is 1. The molecule has 0 radical (unpaired) electrons. The number of methoxy groups -OCH3 is 1. The first-order valence-corrected chi connectivity index (χ1v) is 9.15. The summed E-state index contributed by atoms with van der Waals surface area (Å²) in [6.07, 6.45) is -5.00. The number of benzene rings is 2. The molecule has 0 unspecified atom stereocenters. The fourth-order valence-corrected chi connectivity index (χ4v) is 3.78. The van der Waals surface area contributed by atoms with Crippen LogP contribution in [0.1, 0.15) is 10.4 Å². The van der Waals surface area contributed by atoms with Crippen molar-refractivity contribution >= 4 is 55.1 Å². The zero-order chi connectivity index (χ0) is 20.2. The van der Waals surface area contributed by atoms with E-state index in [4.69, 9.17) is 16.3 Å². The third kappa shape index (κ3) is 3.06. The number of nitrogens with one attached hydrogen (secondary N) is 2. The van der Waals surface area contributed by atoms with E-state index < -0.39 is 17.5 Å². The Morgan fingerprint density at radius 2 is 1.86 bits per heavy atom. The molecule has 4 rings (SSSR count). The van der Waals surface area contributed by atoms with Crippen molar-refractivity contribution in [1.82, 2.24) is 9.97 Å². The summed E-state index contributed by atoms with van der Waals surface area (Å²) in [6.45, 7) is 0. The molecule has 0 aliphatic carbocycles. The van der Waals surface area contributed by atoms with Crippen LogP contribution in [0.2, 0.25) is 5.02 Å². The smallest absolute Gasteiger partial charge is 0.454 e. The molecule has 144 valence electrons. The Morgan fingerprint density at radius 3 is 2.54 bits per heavy atom. The lowest BCUT2D eigenvalue weighted by Gasteiger charge is -2.06. The summed E-state index contributed by atoms with van der Waals surface area (Å²) in [7, 11) is 1.46. The molecular formula is C19H11BrClF3N2O2. The van der Waals surface area contributed by atoms with Crippen molar-refractivity contribution in [2.45, 2.75) is 6.18 Å². The number of fused-ring (bicyclic) bond motifs is 2. The Morgan fingerprint density at radius 1 is 1.11 bits per heavy atom. The number of Topliss-reactive ketones (excluding diaryl/α,β-unsaturated/α-hetero) is 1. The Bertz CT molecular complexity index is 1240. The van der Waals surface area contributed by atoms with E-state index in [9.17, 15) is 18.0 Å². The fourth-order valence-electron chi connectivity index (χ4n) is 3.17. The van der Waals surface area contributed by atoms with Gasteiger partial charge in [0.15, 0.2) is 0 Å². The van der Waals surface area contributed by atoms with Crippen LogP contribution in [-0.4, -0.2) is 29.0 Å². The summed E-state index contributed by atoms with van der Waals surface area (Å²) < 4.78 is 45.6. The van der Waals surface area contributed by atoms with Gasteiger partial charge in [-0.15, -0.1) is 0 Å². The van der Waals surface area contributed by atoms with E-state index >= 15 is 0 Å². The van der Waals surface area contributed by atoms with Gasteiger partial charge in [0.1, 0.15) is 5.75 Å². The second-order valence-corrected chi connectivity index (χ2v) is 7.47. The minimum atomic E-state index is -5.00. The minimum Gasteiger partial charge on any atom is -0.495 e. The van der Waals surface area contributed by atoms with E-state index in [2.05, 4.69) is 25.9 Å². The van der Waals surface area contributed by atoms with Gasteiger partial charge in [-0.3, -0.25) is 4.79 Å². The number of hydrogen-bond donors (Lipinski definition) is 2. The van der Waals surface area contributed by atoms with E-state index in [-0.39, 0.29) is 11.1 Å². The Labute approximate surface area is 169 Å². The summed E-state index contributed by atoms with van der Waals surface area (Å²) >= 11 is 9.41. The Hall–Kier alpha value is -2.45. The molecule has 0 aliphatic heterocycles. The standard InChI is InChI=1S/C19H11BrClF3N2O2/c1-28-15-7-12-8(4-11(15)21)5-14(25-12)17-16(18(27)19(22,23)24)10-3-2-9(20)6-13(10)26-17/h2-7,25-26H,1H3. The number of carbonyl (C=O) groups excluding carboxylic acids is 1. The average molecular weight is 472 g/mol. The Balaban J connectivity index is 2.00. The topological polar surface area (TPSA) is 57.9 Å². The molecule has 9 heteroatoms. The number of hydrogen-bond acceptors (Lipinski definition) is 2. The van der Waals surface area contributed by atoms with Gasteiger partial charge in [0.25, 0.3) is 5.78 Å². The molecule has 0 aliphatic rings. The van der Waals surface area contributed by atoms with Crippen LogP contribution in [0.15, 0.2) is 40.9 Å². The van der Waals surface area contributed by atoms with Crippen molar-refractivity contribution in [3.8, 4) is 17.1 Å². The molecule has 0 saturated heterocycles. The van der Waals surface area contributed by atoms with Crippen molar-refractivity contribution in [2.24, 2.45) is 0 Å². The molecule has 2 aromatic heterocycles. The zero-order valence-corrected chi connectivity index (χ0v) is 16.5. The molecule has 2 heterocycles. The van der Waals surface area contributed by atoms with E-state index in [0.29, 0.717) is 37.4 Å². The van der Waals surface area contributed by atoms with Gasteiger partial charge < -0.3 is 14.7 Å². The maximum atomic E-state index is 13.3. The van der Waals surface area contributed by atoms with Crippen molar-refractivity contribution in [2.75, 3.05) is 7.11 Å². The highest BCUT2D eigenvalue weighted by Gasteiger charge is 2.42. The van der Waals surface area contributed by atoms with Crippen LogP contribution in [0.5, 0.6) is 5.75 Å². The second kappa shape index (κ2) is 6.56. The maximum Gasteiger partial charge on any atom is 0.454 e. The van der Waals surface area contributed by atoms with Gasteiger partial charge in [0.05, 0.1) is 29.1 Å². The molecule has 0 amide bonds. The van der Waals surface area contributed by atoms with Crippen LogP contribution < -0.4 is 4.74 Å². The summed E-state index contributed by atoms with van der Waals surface area (Å²) in [6, 6.07) is 9.60. The van der Waals surface area contributed by atoms with Crippen molar-refractivity contribution < 1.29 is 22.7 Å². The average Bonchev–Trinajstić information content (AvgIpc) is 3.19. The van der Waals surface area contributed by atoms with E-state index in [1.54, 1.807) is 30.3 Å². The van der Waals surface area contributed by atoms with Crippen molar-refractivity contribution in [3.05, 3.63) is 51.5 Å². The largest absolute Gasteiger partial charge is 0.495 e. The van der Waals surface area contributed by atoms with Gasteiger partial charge in [0.2, 0.25) is 0 Å². The van der Waals surface area contributed by atoms with Crippen LogP contribution in [0.25, 0.3) is 33.2 Å². The van der Waals surface area contributed by atoms with Gasteiger partial charge in [-0.05, 0) is 24.3 Å². The van der Waals surface area contributed by atoms with E-state index in [1.807, 2.05) is 0 Å². The van der Waals surface area contributed by atoms with Crippen molar-refractivity contribution in [3.63, 3.8) is 0 Å². The van der Waals surface area contributed by atoms with Gasteiger partial charge >= 0.3 is 6.18 Å². The van der Waals surface area contributed by atoms with Crippen LogP contribution in [-0.2, 0) is 0 Å². The summed E-state index contributed by atoms with van der Waals surface area (Å²) in [5, 5.41) is 1.23. The normalized spacial score (nSPS) is 12.1. The summed E-state index contributed by atoms with van der Waals surface area (Å²) in [5.74, 6) is -1.49. The molecule has 0 fully saturated rings. The minimum absolute atomic E-state index is 0.0571. The highest BCUT2D eigenvalue weighted by molar-refractivity contribution is 9.10. The van der Waals surface area contributed by atoms with Gasteiger partial charge in [-0.2, -0.15) is 13.2 Å². The number of rotatable bonds is 3. The van der Waals surface area contributed by atoms with Crippen LogP contribution >= 0.6 is 27.5 Å². The lowest BCUT2D eigenvalue weighted by atomic mass is 10.0. The highest BCUT2D eigenvalue weighted by Crippen LogP contribution is 2.38. The predicted octanol–water partition coefficient (Wildman–Crippen LogP) is 6.49. The van der Waals surface area contributed by atoms with Crippen molar-refractivity contribution in [1.29, 1.82) is 0 Å². The molecule has 0 spiro atoms. The predicted molar refractivity (Wildman–Crippen MR) is 105 cm³/mol. The number of aromatic nitrogens is 2. The van der Waals surface area contributed by atoms with E-state index in [0.717, 1.165) is 0 Å². The molecule has 2 aromatic carbocycles. The van der Waals surface area contributed by atoms with Crippen LogP contribution in [0, 0.1) is 0 Å². The van der Waals surface area contributed by atoms with Gasteiger partial charge in [-0.25, -0.2) is 0 Å². The third-order valence-corrected chi connectivity index (χ3v) is 5.20. The number of ketones is 1. The molecular weight excluding hydrogens is 461 g/mol. The molecule has 4 aromatic rings. The first-order valence-electron chi connectivity index (χ1n) is 7.98. The lowest BCUT2D eigenvalue weighted by molar-refractivity contribution is -0.0883.